The summed E-state index contributed by atoms with van der Waals surface area (Å²) in [6, 6.07) is 0. The van der Waals surface area contributed by atoms with E-state index in [0.717, 1.165) is 12.8 Å². The average molecular weight is 257 g/mol. The smallest absolute Gasteiger partial charge is 0.311 e. The summed E-state index contributed by atoms with van der Waals surface area (Å²) in [5.74, 6) is 0.841. The Hall–Kier alpha value is -1.17. The van der Waals surface area contributed by atoms with Gasteiger partial charge in [-0.05, 0) is 31.7 Å². The molecule has 0 aromatic carbocycles. The summed E-state index contributed by atoms with van der Waals surface area (Å²) >= 11 is 0. The number of hydrogen-bond donors (Lipinski definition) is 1. The predicted octanol–water partition coefficient (Wildman–Crippen LogP) is 2.09. The SMILES string of the molecule is FC(F)(F)c1nc(CC2CC2)nc2c1CCNC2. The topological polar surface area (TPSA) is 37.8 Å². The van der Waals surface area contributed by atoms with E-state index in [0.29, 0.717) is 43.4 Å². The Morgan fingerprint density at radius 2 is 2.00 bits per heavy atom. The summed E-state index contributed by atoms with van der Waals surface area (Å²) in [5, 5.41) is 3.06. The van der Waals surface area contributed by atoms with Crippen LogP contribution in [-0.4, -0.2) is 16.5 Å². The first kappa shape index (κ1) is 11.9. The Labute approximate surface area is 103 Å². The van der Waals surface area contributed by atoms with E-state index in [1.807, 2.05) is 0 Å². The molecule has 0 unspecified atom stereocenters. The van der Waals surface area contributed by atoms with Gasteiger partial charge in [-0.1, -0.05) is 0 Å². The molecule has 0 amide bonds. The van der Waals surface area contributed by atoms with Crippen LogP contribution in [0.25, 0.3) is 0 Å². The van der Waals surface area contributed by atoms with Crippen molar-refractivity contribution >= 4 is 0 Å². The lowest BCUT2D eigenvalue weighted by atomic mass is 10.0. The highest BCUT2D eigenvalue weighted by Gasteiger charge is 2.38. The molecule has 0 radical (unpaired) electrons. The number of fused-ring (bicyclic) bond motifs is 1. The molecular formula is C12H14F3N3. The highest BCUT2D eigenvalue weighted by atomic mass is 19.4. The van der Waals surface area contributed by atoms with E-state index in [1.165, 1.54) is 0 Å². The number of nitrogens with one attached hydrogen (secondary N) is 1. The fraction of sp³-hybridized carbons (Fsp3) is 0.667. The van der Waals surface area contributed by atoms with Crippen LogP contribution in [-0.2, 0) is 25.6 Å². The molecule has 0 saturated heterocycles. The van der Waals surface area contributed by atoms with E-state index < -0.39 is 11.9 Å². The van der Waals surface area contributed by atoms with Gasteiger partial charge in [-0.15, -0.1) is 0 Å². The van der Waals surface area contributed by atoms with Crippen molar-refractivity contribution in [3.63, 3.8) is 0 Å². The van der Waals surface area contributed by atoms with E-state index >= 15 is 0 Å². The lowest BCUT2D eigenvalue weighted by Gasteiger charge is -2.21. The standard InChI is InChI=1S/C12H14F3N3/c13-12(14,15)11-8-3-4-16-6-9(8)17-10(18-11)5-7-1-2-7/h7,16H,1-6H2. The molecule has 6 heteroatoms. The molecule has 1 aromatic heterocycles. The maximum absolute atomic E-state index is 13.0. The van der Waals surface area contributed by atoms with E-state index in [2.05, 4.69) is 15.3 Å². The number of nitrogens with zero attached hydrogens (tertiary/aromatic N) is 2. The van der Waals surface area contributed by atoms with Gasteiger partial charge in [-0.2, -0.15) is 13.2 Å². The zero-order valence-corrected chi connectivity index (χ0v) is 9.85. The van der Waals surface area contributed by atoms with Gasteiger partial charge in [0.15, 0.2) is 5.69 Å². The summed E-state index contributed by atoms with van der Waals surface area (Å²) in [5.41, 5.74) is 0.0877. The molecule has 1 aliphatic carbocycles. The van der Waals surface area contributed by atoms with Crippen molar-refractivity contribution in [2.45, 2.75) is 38.4 Å². The van der Waals surface area contributed by atoms with E-state index in [9.17, 15) is 13.2 Å². The molecule has 1 aromatic rings. The van der Waals surface area contributed by atoms with Gasteiger partial charge in [0.05, 0.1) is 5.69 Å². The van der Waals surface area contributed by atoms with Crippen molar-refractivity contribution in [2.24, 2.45) is 5.92 Å². The van der Waals surface area contributed by atoms with Crippen LogP contribution in [0.2, 0.25) is 0 Å². The number of alkyl halides is 3. The Morgan fingerprint density at radius 3 is 2.67 bits per heavy atom. The van der Waals surface area contributed by atoms with Crippen LogP contribution in [0.1, 0.15) is 35.6 Å². The Bertz CT molecular complexity index is 466. The molecule has 18 heavy (non-hydrogen) atoms. The van der Waals surface area contributed by atoms with Crippen LogP contribution >= 0.6 is 0 Å². The van der Waals surface area contributed by atoms with Crippen molar-refractivity contribution in [2.75, 3.05) is 6.54 Å². The molecule has 2 heterocycles. The molecule has 1 N–H and O–H groups in total. The van der Waals surface area contributed by atoms with Gasteiger partial charge in [0.2, 0.25) is 0 Å². The second kappa shape index (κ2) is 4.19. The lowest BCUT2D eigenvalue weighted by molar-refractivity contribution is -0.142. The third-order valence-corrected chi connectivity index (χ3v) is 3.42. The van der Waals surface area contributed by atoms with Crippen molar-refractivity contribution in [1.82, 2.24) is 15.3 Å². The Morgan fingerprint density at radius 1 is 1.22 bits per heavy atom. The van der Waals surface area contributed by atoms with E-state index in [1.54, 1.807) is 0 Å². The largest absolute Gasteiger partial charge is 0.433 e. The molecule has 0 bridgehead atoms. The zero-order valence-electron chi connectivity index (χ0n) is 9.85. The number of halogens is 3. The minimum Gasteiger partial charge on any atom is -0.311 e. The molecule has 3 rings (SSSR count). The van der Waals surface area contributed by atoms with E-state index in [-0.39, 0.29) is 5.56 Å². The van der Waals surface area contributed by atoms with Crippen LogP contribution in [0.3, 0.4) is 0 Å². The second-order valence-electron chi connectivity index (χ2n) is 4.99. The highest BCUT2D eigenvalue weighted by molar-refractivity contribution is 5.30. The Balaban J connectivity index is 2.02. The second-order valence-corrected chi connectivity index (χ2v) is 4.99. The first-order chi connectivity index (χ1) is 8.54. The number of hydrogen-bond acceptors (Lipinski definition) is 3. The summed E-state index contributed by atoms with van der Waals surface area (Å²) in [6.45, 7) is 0.972. The lowest BCUT2D eigenvalue weighted by Crippen LogP contribution is -2.29. The maximum atomic E-state index is 13.0. The maximum Gasteiger partial charge on any atom is 0.433 e. The van der Waals surface area contributed by atoms with Crippen molar-refractivity contribution in [3.8, 4) is 0 Å². The molecule has 1 saturated carbocycles. The zero-order chi connectivity index (χ0) is 12.8. The van der Waals surface area contributed by atoms with Gasteiger partial charge in [0.1, 0.15) is 5.82 Å². The molecule has 1 fully saturated rings. The van der Waals surface area contributed by atoms with Crippen molar-refractivity contribution in [1.29, 1.82) is 0 Å². The Kier molecular flexibility index (Phi) is 2.77. The average Bonchev–Trinajstić information content (AvgIpc) is 3.10. The molecule has 0 spiro atoms. The quantitative estimate of drug-likeness (QED) is 0.881. The minimum atomic E-state index is -4.37. The monoisotopic (exact) mass is 257 g/mol. The van der Waals surface area contributed by atoms with Gasteiger partial charge in [0.25, 0.3) is 0 Å². The minimum absolute atomic E-state index is 0.279. The van der Waals surface area contributed by atoms with Gasteiger partial charge in [-0.3, -0.25) is 0 Å². The number of rotatable bonds is 2. The van der Waals surface area contributed by atoms with Crippen LogP contribution < -0.4 is 5.32 Å². The molecule has 1 aliphatic heterocycles. The van der Waals surface area contributed by atoms with Crippen LogP contribution in [0.5, 0.6) is 0 Å². The third kappa shape index (κ3) is 2.34. The molecule has 98 valence electrons. The summed E-state index contributed by atoms with van der Waals surface area (Å²) in [7, 11) is 0. The van der Waals surface area contributed by atoms with Crippen molar-refractivity contribution in [3.05, 3.63) is 22.8 Å². The molecular weight excluding hydrogens is 243 g/mol. The number of aromatic nitrogens is 2. The van der Waals surface area contributed by atoms with Crippen LogP contribution in [0.4, 0.5) is 13.2 Å². The fourth-order valence-electron chi connectivity index (χ4n) is 2.32. The van der Waals surface area contributed by atoms with Gasteiger partial charge < -0.3 is 5.32 Å². The molecule has 3 nitrogen and oxygen atoms in total. The van der Waals surface area contributed by atoms with E-state index in [4.69, 9.17) is 0 Å². The van der Waals surface area contributed by atoms with Gasteiger partial charge in [-0.25, -0.2) is 9.97 Å². The summed E-state index contributed by atoms with van der Waals surface area (Å²) in [4.78, 5) is 8.07. The molecule has 2 aliphatic rings. The van der Waals surface area contributed by atoms with Crippen LogP contribution in [0.15, 0.2) is 0 Å². The summed E-state index contributed by atoms with van der Waals surface area (Å²) < 4.78 is 39.0. The van der Waals surface area contributed by atoms with Crippen LogP contribution in [0, 0.1) is 5.92 Å². The normalized spacial score (nSPS) is 19.7. The van der Waals surface area contributed by atoms with Crippen molar-refractivity contribution < 1.29 is 13.2 Å². The predicted molar refractivity (Wildman–Crippen MR) is 58.9 cm³/mol. The summed E-state index contributed by atoms with van der Waals surface area (Å²) in [6.07, 6.45) is -1.27. The van der Waals surface area contributed by atoms with Gasteiger partial charge in [0, 0.05) is 18.5 Å². The molecule has 0 atom stereocenters. The third-order valence-electron chi connectivity index (χ3n) is 3.42. The first-order valence-electron chi connectivity index (χ1n) is 6.20. The van der Waals surface area contributed by atoms with Gasteiger partial charge >= 0.3 is 6.18 Å². The highest BCUT2D eigenvalue weighted by Crippen LogP contribution is 2.35. The fourth-order valence-corrected chi connectivity index (χ4v) is 2.32. The first-order valence-corrected chi connectivity index (χ1v) is 6.20.